The van der Waals surface area contributed by atoms with E-state index < -0.39 is 9.84 Å². The Morgan fingerprint density at radius 3 is 2.45 bits per heavy atom. The van der Waals surface area contributed by atoms with Gasteiger partial charge in [-0.1, -0.05) is 13.8 Å². The molecule has 0 unspecified atom stereocenters. The number of benzene rings is 2. The van der Waals surface area contributed by atoms with Crippen molar-refractivity contribution in [3.8, 4) is 22.6 Å². The number of fused-ring (bicyclic) bond motifs is 1. The number of pyridine rings is 1. The summed E-state index contributed by atoms with van der Waals surface area (Å²) >= 11 is 0. The third-order valence-corrected chi connectivity index (χ3v) is 7.32. The van der Waals surface area contributed by atoms with Gasteiger partial charge in [0.05, 0.1) is 29.1 Å². The highest BCUT2D eigenvalue weighted by atomic mass is 32.2. The van der Waals surface area contributed by atoms with Crippen LogP contribution in [-0.4, -0.2) is 35.1 Å². The van der Waals surface area contributed by atoms with Crippen LogP contribution < -0.4 is 10.3 Å². The van der Waals surface area contributed by atoms with E-state index in [-0.39, 0.29) is 16.2 Å². The number of ether oxygens (including phenoxy) is 1. The van der Waals surface area contributed by atoms with Crippen LogP contribution in [0.1, 0.15) is 25.8 Å². The molecule has 0 radical (unpaired) electrons. The first-order valence-electron chi connectivity index (χ1n) is 10.9. The second kappa shape index (κ2) is 8.86. The van der Waals surface area contributed by atoms with Gasteiger partial charge >= 0.3 is 0 Å². The minimum atomic E-state index is -3.42. The number of aromatic nitrogens is 3. The normalized spacial score (nSPS) is 11.8. The van der Waals surface area contributed by atoms with Gasteiger partial charge in [-0.15, -0.1) is 0 Å². The summed E-state index contributed by atoms with van der Waals surface area (Å²) in [7, 11) is -1.73. The molecule has 0 spiro atoms. The molecule has 7 nitrogen and oxygen atoms in total. The van der Waals surface area contributed by atoms with Crippen LogP contribution in [0.15, 0.2) is 64.7 Å². The first kappa shape index (κ1) is 22.8. The molecule has 4 rings (SSSR count). The summed E-state index contributed by atoms with van der Waals surface area (Å²) in [6, 6.07) is 10.5. The Balaban J connectivity index is 2.04. The zero-order valence-corrected chi connectivity index (χ0v) is 20.0. The number of aryl methyl sites for hydroxylation is 2. The zero-order valence-electron chi connectivity index (χ0n) is 19.2. The summed E-state index contributed by atoms with van der Waals surface area (Å²) in [4.78, 5) is 13.1. The lowest BCUT2D eigenvalue weighted by Crippen LogP contribution is -2.17. The predicted octanol–water partition coefficient (Wildman–Crippen LogP) is 4.28. The molecule has 0 aliphatic rings. The number of nitrogens with zero attached hydrogens (tertiary/aromatic N) is 3. The summed E-state index contributed by atoms with van der Waals surface area (Å²) in [5.41, 5.74) is 3.04. The van der Waals surface area contributed by atoms with Crippen LogP contribution in [0.4, 0.5) is 0 Å². The van der Waals surface area contributed by atoms with Crippen molar-refractivity contribution in [2.24, 2.45) is 7.05 Å². The van der Waals surface area contributed by atoms with Crippen LogP contribution in [0.25, 0.3) is 27.6 Å². The van der Waals surface area contributed by atoms with E-state index in [0.29, 0.717) is 28.7 Å². The summed E-state index contributed by atoms with van der Waals surface area (Å²) in [6.07, 6.45) is 6.22. The summed E-state index contributed by atoms with van der Waals surface area (Å²) in [5, 5.41) is 5.62. The van der Waals surface area contributed by atoms with Crippen LogP contribution >= 0.6 is 0 Å². The van der Waals surface area contributed by atoms with E-state index in [9.17, 15) is 13.2 Å². The van der Waals surface area contributed by atoms with Crippen LogP contribution in [0.2, 0.25) is 0 Å². The van der Waals surface area contributed by atoms with E-state index in [1.165, 1.54) is 4.57 Å². The maximum atomic E-state index is 12.9. The van der Waals surface area contributed by atoms with E-state index in [0.717, 1.165) is 23.2 Å². The molecular weight excluding hydrogens is 438 g/mol. The molecule has 0 fully saturated rings. The maximum Gasteiger partial charge on any atom is 0.258 e. The standard InChI is InChI=1S/C25H27N3O4S/c1-5-11-32-24-10-8-19(33(30,31)6-2)13-22(24)23-16-27(4)25(29)20-9-7-18(12-21(20)23)28-15-17(3)14-26-28/h7-10,12-16H,5-6,11H2,1-4H3. The molecule has 33 heavy (non-hydrogen) atoms. The highest BCUT2D eigenvalue weighted by molar-refractivity contribution is 7.91. The van der Waals surface area contributed by atoms with Crippen molar-refractivity contribution in [3.63, 3.8) is 0 Å². The van der Waals surface area contributed by atoms with Gasteiger partial charge in [0.2, 0.25) is 0 Å². The van der Waals surface area contributed by atoms with Crippen molar-refractivity contribution in [1.82, 2.24) is 14.3 Å². The van der Waals surface area contributed by atoms with E-state index in [1.807, 2.05) is 32.2 Å². The third-order valence-electron chi connectivity index (χ3n) is 5.59. The molecule has 0 aliphatic carbocycles. The van der Waals surface area contributed by atoms with Gasteiger partial charge in [0.25, 0.3) is 5.56 Å². The van der Waals surface area contributed by atoms with Gasteiger partial charge < -0.3 is 9.30 Å². The molecule has 172 valence electrons. The fraction of sp³-hybridized carbons (Fsp3) is 0.280. The topological polar surface area (TPSA) is 83.2 Å². The monoisotopic (exact) mass is 465 g/mol. The Labute approximate surface area is 193 Å². The average Bonchev–Trinajstić information content (AvgIpc) is 3.26. The zero-order chi connectivity index (χ0) is 23.8. The van der Waals surface area contributed by atoms with Crippen molar-refractivity contribution in [2.75, 3.05) is 12.4 Å². The maximum absolute atomic E-state index is 12.9. The molecule has 2 aromatic heterocycles. The van der Waals surface area contributed by atoms with Crippen molar-refractivity contribution in [2.45, 2.75) is 32.1 Å². The Kier molecular flexibility index (Phi) is 6.12. The number of sulfone groups is 1. The molecule has 0 amide bonds. The summed E-state index contributed by atoms with van der Waals surface area (Å²) in [5.74, 6) is 0.575. The van der Waals surface area contributed by atoms with Crippen LogP contribution in [0, 0.1) is 6.92 Å². The average molecular weight is 466 g/mol. The van der Waals surface area contributed by atoms with Gasteiger partial charge in [0.1, 0.15) is 5.75 Å². The van der Waals surface area contributed by atoms with Gasteiger partial charge in [-0.2, -0.15) is 5.10 Å². The minimum absolute atomic E-state index is 0.00156. The molecular formula is C25H27N3O4S. The molecule has 0 saturated carbocycles. The van der Waals surface area contributed by atoms with Crippen molar-refractivity contribution >= 4 is 20.6 Å². The molecule has 0 N–H and O–H groups in total. The lowest BCUT2D eigenvalue weighted by Gasteiger charge is -2.16. The highest BCUT2D eigenvalue weighted by Gasteiger charge is 2.19. The minimum Gasteiger partial charge on any atom is -0.493 e. The number of rotatable bonds is 7. The van der Waals surface area contributed by atoms with Gasteiger partial charge in [-0.25, -0.2) is 13.1 Å². The molecule has 0 atom stereocenters. The SMILES string of the molecule is CCCOc1ccc(S(=O)(=O)CC)cc1-c1cn(C)c(=O)c2ccc(-n3cc(C)cn3)cc12. The second-order valence-electron chi connectivity index (χ2n) is 8.06. The Morgan fingerprint density at radius 2 is 1.79 bits per heavy atom. The van der Waals surface area contributed by atoms with E-state index in [1.54, 1.807) is 55.3 Å². The first-order chi connectivity index (χ1) is 15.7. The smallest absolute Gasteiger partial charge is 0.258 e. The van der Waals surface area contributed by atoms with Gasteiger partial charge in [-0.05, 0) is 60.7 Å². The third kappa shape index (κ3) is 4.30. The van der Waals surface area contributed by atoms with Crippen LogP contribution in [-0.2, 0) is 16.9 Å². The van der Waals surface area contributed by atoms with Gasteiger partial charge in [-0.3, -0.25) is 4.79 Å². The Hall–Kier alpha value is -3.39. The predicted molar refractivity (Wildman–Crippen MR) is 130 cm³/mol. The Bertz CT molecular complexity index is 1500. The molecule has 0 saturated heterocycles. The van der Waals surface area contributed by atoms with E-state index in [2.05, 4.69) is 5.10 Å². The fourth-order valence-electron chi connectivity index (χ4n) is 3.78. The molecule has 0 aliphatic heterocycles. The highest BCUT2D eigenvalue weighted by Crippen LogP contribution is 2.37. The molecule has 0 bridgehead atoms. The molecule has 2 heterocycles. The van der Waals surface area contributed by atoms with Crippen LogP contribution in [0.3, 0.4) is 0 Å². The first-order valence-corrected chi connectivity index (χ1v) is 12.6. The van der Waals surface area contributed by atoms with Crippen LogP contribution in [0.5, 0.6) is 5.75 Å². The quantitative estimate of drug-likeness (QED) is 0.407. The lowest BCUT2D eigenvalue weighted by molar-refractivity contribution is 0.318. The van der Waals surface area contributed by atoms with Gasteiger partial charge in [0, 0.05) is 36.0 Å². The number of hydrogen-bond acceptors (Lipinski definition) is 5. The Morgan fingerprint density at radius 1 is 1.00 bits per heavy atom. The van der Waals surface area contributed by atoms with E-state index in [4.69, 9.17) is 4.74 Å². The largest absolute Gasteiger partial charge is 0.493 e. The van der Waals surface area contributed by atoms with Crippen molar-refractivity contribution in [3.05, 3.63) is 70.9 Å². The van der Waals surface area contributed by atoms with Crippen molar-refractivity contribution < 1.29 is 13.2 Å². The summed E-state index contributed by atoms with van der Waals surface area (Å²) < 4.78 is 34.5. The molecule has 8 heteroatoms. The van der Waals surface area contributed by atoms with Crippen molar-refractivity contribution in [1.29, 1.82) is 0 Å². The lowest BCUT2D eigenvalue weighted by atomic mass is 9.99. The molecule has 2 aromatic carbocycles. The van der Waals surface area contributed by atoms with Gasteiger partial charge in [0.15, 0.2) is 9.84 Å². The fourth-order valence-corrected chi connectivity index (χ4v) is 4.69. The number of hydrogen-bond donors (Lipinski definition) is 0. The summed E-state index contributed by atoms with van der Waals surface area (Å²) in [6.45, 7) is 6.09. The second-order valence-corrected chi connectivity index (χ2v) is 10.3. The van der Waals surface area contributed by atoms with E-state index >= 15 is 0 Å². The molecule has 4 aromatic rings.